The number of likely N-dealkylation sites (tertiary alicyclic amines) is 1. The highest BCUT2D eigenvalue weighted by Crippen LogP contribution is 2.31. The van der Waals surface area contributed by atoms with Gasteiger partial charge in [0.15, 0.2) is 0 Å². The predicted octanol–water partition coefficient (Wildman–Crippen LogP) is 1.28. The Morgan fingerprint density at radius 2 is 2.35 bits per heavy atom. The van der Waals surface area contributed by atoms with Crippen LogP contribution in [-0.4, -0.2) is 38.8 Å². The summed E-state index contributed by atoms with van der Waals surface area (Å²) >= 11 is 1.39. The summed E-state index contributed by atoms with van der Waals surface area (Å²) in [7, 11) is 0. The molecule has 2 fully saturated rings. The van der Waals surface area contributed by atoms with Crippen molar-refractivity contribution in [3.63, 3.8) is 0 Å². The maximum absolute atomic E-state index is 11.8. The number of hydrogen-bond donors (Lipinski definition) is 1. The van der Waals surface area contributed by atoms with E-state index in [0.717, 1.165) is 23.9 Å². The predicted molar refractivity (Wildman–Crippen MR) is 66.0 cm³/mol. The number of rotatable bonds is 4. The van der Waals surface area contributed by atoms with Crippen molar-refractivity contribution >= 4 is 22.6 Å². The second-order valence-corrected chi connectivity index (χ2v) is 5.44. The van der Waals surface area contributed by atoms with Gasteiger partial charge in [-0.3, -0.25) is 4.79 Å². The van der Waals surface area contributed by atoms with E-state index in [1.165, 1.54) is 24.4 Å². The van der Waals surface area contributed by atoms with Crippen molar-refractivity contribution in [2.45, 2.75) is 44.7 Å². The lowest BCUT2D eigenvalue weighted by Crippen LogP contribution is -2.29. The molecule has 1 amide bonds. The third kappa shape index (κ3) is 2.26. The number of hydrogen-bond acceptors (Lipinski definition) is 5. The van der Waals surface area contributed by atoms with Gasteiger partial charge >= 0.3 is 0 Å². The van der Waals surface area contributed by atoms with Crippen LogP contribution in [0.5, 0.6) is 0 Å². The van der Waals surface area contributed by atoms with E-state index in [9.17, 15) is 4.79 Å². The molecule has 5 nitrogen and oxygen atoms in total. The summed E-state index contributed by atoms with van der Waals surface area (Å²) < 4.78 is 4.23. The van der Waals surface area contributed by atoms with E-state index in [2.05, 4.69) is 14.7 Å². The lowest BCUT2D eigenvalue weighted by molar-refractivity contribution is -0.128. The Morgan fingerprint density at radius 1 is 1.53 bits per heavy atom. The van der Waals surface area contributed by atoms with Crippen LogP contribution in [0, 0.1) is 0 Å². The average Bonchev–Trinajstić information content (AvgIpc) is 2.95. The van der Waals surface area contributed by atoms with E-state index in [1.54, 1.807) is 0 Å². The smallest absolute Gasteiger partial charge is 0.225 e. The van der Waals surface area contributed by atoms with Crippen LogP contribution in [0.4, 0.5) is 5.13 Å². The highest BCUT2D eigenvalue weighted by Gasteiger charge is 2.39. The molecule has 1 N–H and O–H groups in total. The molecule has 1 aliphatic carbocycles. The first-order valence-corrected chi connectivity index (χ1v) is 6.92. The van der Waals surface area contributed by atoms with Crippen molar-refractivity contribution < 1.29 is 4.79 Å². The first-order chi connectivity index (χ1) is 8.26. The highest BCUT2D eigenvalue weighted by molar-refractivity contribution is 7.09. The standard InChI is InChI=1S/C11H16N4OS/c1-2-9-13-11(17-14-9)12-7-5-10(16)15(6-7)8-3-4-8/h7-8H,2-6H2,1H3,(H,12,13,14)/t7-/m1/s1. The molecule has 92 valence electrons. The van der Waals surface area contributed by atoms with Crippen molar-refractivity contribution in [2.24, 2.45) is 0 Å². The number of aromatic nitrogens is 2. The van der Waals surface area contributed by atoms with Gasteiger partial charge in [0.1, 0.15) is 5.82 Å². The SMILES string of the molecule is CCc1nsc(N[C@@H]2CC(=O)N(C3CC3)C2)n1. The van der Waals surface area contributed by atoms with Gasteiger partial charge in [-0.25, -0.2) is 4.98 Å². The molecule has 0 spiro atoms. The van der Waals surface area contributed by atoms with E-state index in [1.807, 2.05) is 11.8 Å². The molecular formula is C11H16N4OS. The normalized spacial score (nSPS) is 24.4. The van der Waals surface area contributed by atoms with Gasteiger partial charge in [-0.2, -0.15) is 4.37 Å². The molecule has 6 heteroatoms. The largest absolute Gasteiger partial charge is 0.355 e. The molecule has 2 aliphatic rings. The number of anilines is 1. The van der Waals surface area contributed by atoms with Crippen LogP contribution in [0.2, 0.25) is 0 Å². The molecule has 1 saturated carbocycles. The van der Waals surface area contributed by atoms with Gasteiger partial charge in [-0.1, -0.05) is 6.92 Å². The van der Waals surface area contributed by atoms with Crippen molar-refractivity contribution in [3.8, 4) is 0 Å². The minimum atomic E-state index is 0.209. The van der Waals surface area contributed by atoms with Crippen LogP contribution >= 0.6 is 11.5 Å². The van der Waals surface area contributed by atoms with Crippen LogP contribution in [0.25, 0.3) is 0 Å². The maximum Gasteiger partial charge on any atom is 0.225 e. The van der Waals surface area contributed by atoms with Crippen molar-refractivity contribution in [1.82, 2.24) is 14.3 Å². The van der Waals surface area contributed by atoms with E-state index in [-0.39, 0.29) is 11.9 Å². The third-order valence-corrected chi connectivity index (χ3v) is 3.94. The summed E-state index contributed by atoms with van der Waals surface area (Å²) in [5.41, 5.74) is 0. The Bertz CT molecular complexity index is 429. The number of carbonyl (C=O) groups is 1. The fourth-order valence-corrected chi connectivity index (χ4v) is 2.93. The molecule has 3 rings (SSSR count). The zero-order valence-corrected chi connectivity index (χ0v) is 10.7. The summed E-state index contributed by atoms with van der Waals surface area (Å²) in [6.07, 6.45) is 3.81. The quantitative estimate of drug-likeness (QED) is 0.877. The lowest BCUT2D eigenvalue weighted by atomic mass is 10.3. The van der Waals surface area contributed by atoms with E-state index in [0.29, 0.717) is 12.5 Å². The zero-order chi connectivity index (χ0) is 11.8. The van der Waals surface area contributed by atoms with Crippen molar-refractivity contribution in [1.29, 1.82) is 0 Å². The molecule has 0 aromatic carbocycles. The number of aryl methyl sites for hydroxylation is 1. The number of amides is 1. The molecule has 17 heavy (non-hydrogen) atoms. The Labute approximate surface area is 104 Å². The van der Waals surface area contributed by atoms with E-state index in [4.69, 9.17) is 0 Å². The van der Waals surface area contributed by atoms with E-state index >= 15 is 0 Å². The first kappa shape index (κ1) is 11.0. The summed E-state index contributed by atoms with van der Waals surface area (Å²) in [5.74, 6) is 1.16. The number of nitrogens with zero attached hydrogens (tertiary/aromatic N) is 3. The molecule has 0 unspecified atom stereocenters. The van der Waals surface area contributed by atoms with Gasteiger partial charge in [0, 0.05) is 37.0 Å². The number of nitrogens with one attached hydrogen (secondary N) is 1. The summed E-state index contributed by atoms with van der Waals surface area (Å²) in [5, 5.41) is 4.17. The number of carbonyl (C=O) groups excluding carboxylic acids is 1. The van der Waals surface area contributed by atoms with Crippen LogP contribution in [-0.2, 0) is 11.2 Å². The van der Waals surface area contributed by atoms with Crippen molar-refractivity contribution in [2.75, 3.05) is 11.9 Å². The Morgan fingerprint density at radius 3 is 3.00 bits per heavy atom. The Balaban J connectivity index is 1.60. The van der Waals surface area contributed by atoms with Crippen LogP contribution in [0.1, 0.15) is 32.0 Å². The van der Waals surface area contributed by atoms with Gasteiger partial charge in [0.2, 0.25) is 11.0 Å². The van der Waals surface area contributed by atoms with Gasteiger partial charge < -0.3 is 10.2 Å². The van der Waals surface area contributed by atoms with Crippen LogP contribution in [0.15, 0.2) is 0 Å². The molecule has 1 saturated heterocycles. The zero-order valence-electron chi connectivity index (χ0n) is 9.85. The lowest BCUT2D eigenvalue weighted by Gasteiger charge is -2.15. The topological polar surface area (TPSA) is 58.1 Å². The van der Waals surface area contributed by atoms with Crippen LogP contribution in [0.3, 0.4) is 0 Å². The average molecular weight is 252 g/mol. The molecule has 0 radical (unpaired) electrons. The molecule has 1 aliphatic heterocycles. The summed E-state index contributed by atoms with van der Waals surface area (Å²) in [6, 6.07) is 0.732. The highest BCUT2D eigenvalue weighted by atomic mass is 32.1. The van der Waals surface area contributed by atoms with Crippen LogP contribution < -0.4 is 5.32 Å². The fourth-order valence-electron chi connectivity index (χ4n) is 2.20. The van der Waals surface area contributed by atoms with Gasteiger partial charge in [-0.15, -0.1) is 0 Å². The monoisotopic (exact) mass is 252 g/mol. The second kappa shape index (κ2) is 4.25. The van der Waals surface area contributed by atoms with Gasteiger partial charge in [-0.05, 0) is 12.8 Å². The van der Waals surface area contributed by atoms with Crippen molar-refractivity contribution in [3.05, 3.63) is 5.82 Å². The fraction of sp³-hybridized carbons (Fsp3) is 0.727. The molecule has 1 atom stereocenters. The first-order valence-electron chi connectivity index (χ1n) is 6.15. The third-order valence-electron chi connectivity index (χ3n) is 3.26. The molecule has 2 heterocycles. The molecule has 1 aromatic heterocycles. The maximum atomic E-state index is 11.8. The summed E-state index contributed by atoms with van der Waals surface area (Å²) in [4.78, 5) is 18.2. The van der Waals surface area contributed by atoms with E-state index < -0.39 is 0 Å². The van der Waals surface area contributed by atoms with Gasteiger partial charge in [0.05, 0.1) is 6.04 Å². The molecular weight excluding hydrogens is 236 g/mol. The Hall–Kier alpha value is -1.17. The molecule has 0 bridgehead atoms. The summed E-state index contributed by atoms with van der Waals surface area (Å²) in [6.45, 7) is 2.87. The Kier molecular flexibility index (Phi) is 2.74. The minimum absolute atomic E-state index is 0.209. The molecule has 1 aromatic rings. The minimum Gasteiger partial charge on any atom is -0.355 e. The second-order valence-electron chi connectivity index (χ2n) is 4.69. The van der Waals surface area contributed by atoms with Gasteiger partial charge in [0.25, 0.3) is 0 Å².